The molecule has 0 aliphatic rings. The first kappa shape index (κ1) is 10.2. The summed E-state index contributed by atoms with van der Waals surface area (Å²) in [6, 6.07) is 0.205. The highest BCUT2D eigenvalue weighted by Gasteiger charge is 2.05. The van der Waals surface area contributed by atoms with Crippen LogP contribution in [0.3, 0.4) is 0 Å². The van der Waals surface area contributed by atoms with E-state index < -0.39 is 0 Å². The minimum Gasteiger partial charge on any atom is -0.350 e. The van der Waals surface area contributed by atoms with E-state index in [2.05, 4.69) is 11.9 Å². The largest absolute Gasteiger partial charge is 0.350 e. The lowest BCUT2D eigenvalue weighted by atomic mass is 10.1. The van der Waals surface area contributed by atoms with Crippen molar-refractivity contribution >= 4 is 5.91 Å². The molecule has 0 heterocycles. The normalized spacial score (nSPS) is 9.82. The van der Waals surface area contributed by atoms with Crippen molar-refractivity contribution in [3.05, 3.63) is 12.2 Å². The highest BCUT2D eigenvalue weighted by atomic mass is 16.1. The Morgan fingerprint density at radius 3 is 2.45 bits per heavy atom. The fraction of sp³-hybridized carbons (Fsp3) is 0.667. The van der Waals surface area contributed by atoms with Crippen LogP contribution < -0.4 is 5.32 Å². The summed E-state index contributed by atoms with van der Waals surface area (Å²) in [4.78, 5) is 11.1. The van der Waals surface area contributed by atoms with Crippen LogP contribution in [-0.2, 0) is 4.79 Å². The summed E-state index contributed by atoms with van der Waals surface area (Å²) < 4.78 is 0. The van der Waals surface area contributed by atoms with Crippen molar-refractivity contribution < 1.29 is 4.79 Å². The third kappa shape index (κ3) is 4.59. The van der Waals surface area contributed by atoms with Crippen LogP contribution >= 0.6 is 0 Å². The van der Waals surface area contributed by atoms with E-state index in [0.29, 0.717) is 5.57 Å². The molecule has 11 heavy (non-hydrogen) atoms. The van der Waals surface area contributed by atoms with Crippen molar-refractivity contribution in [3.8, 4) is 0 Å². The molecule has 2 heteroatoms. The minimum absolute atomic E-state index is 0.0122. The van der Waals surface area contributed by atoms with Crippen LogP contribution in [0.1, 0.15) is 33.6 Å². The maximum absolute atomic E-state index is 11.1. The minimum atomic E-state index is -0.0122. The quantitative estimate of drug-likeness (QED) is 0.617. The highest BCUT2D eigenvalue weighted by Crippen LogP contribution is 2.01. The number of carbonyl (C=O) groups excluding carboxylic acids is 1. The lowest BCUT2D eigenvalue weighted by Gasteiger charge is -2.08. The highest BCUT2D eigenvalue weighted by molar-refractivity contribution is 5.92. The van der Waals surface area contributed by atoms with E-state index in [1.54, 1.807) is 0 Å². The number of nitrogens with one attached hydrogen (secondary N) is 1. The molecule has 0 fully saturated rings. The number of rotatable bonds is 4. The van der Waals surface area contributed by atoms with Crippen LogP contribution in [0, 0.1) is 0 Å². The molecule has 1 N–H and O–H groups in total. The SMILES string of the molecule is C=C(CCC)C(=O)NC(C)C. The molecule has 0 aromatic carbocycles. The Labute approximate surface area is 68.7 Å². The van der Waals surface area contributed by atoms with E-state index in [1.807, 2.05) is 20.8 Å². The van der Waals surface area contributed by atoms with Crippen LogP contribution in [-0.4, -0.2) is 11.9 Å². The first-order chi connectivity index (χ1) is 5.07. The van der Waals surface area contributed by atoms with Crippen molar-refractivity contribution in [1.82, 2.24) is 5.32 Å². The Balaban J connectivity index is 3.74. The molecule has 0 aliphatic heterocycles. The third-order valence-corrected chi connectivity index (χ3v) is 1.29. The van der Waals surface area contributed by atoms with Gasteiger partial charge in [0.2, 0.25) is 5.91 Å². The van der Waals surface area contributed by atoms with Crippen molar-refractivity contribution in [2.75, 3.05) is 0 Å². The van der Waals surface area contributed by atoms with Crippen LogP contribution in [0.5, 0.6) is 0 Å². The topological polar surface area (TPSA) is 29.1 Å². The van der Waals surface area contributed by atoms with Gasteiger partial charge < -0.3 is 5.32 Å². The fourth-order valence-corrected chi connectivity index (χ4v) is 0.780. The van der Waals surface area contributed by atoms with Gasteiger partial charge in [0.15, 0.2) is 0 Å². The first-order valence-electron chi connectivity index (χ1n) is 4.06. The number of hydrogen-bond acceptors (Lipinski definition) is 1. The Kier molecular flexibility index (Phi) is 4.59. The molecule has 0 saturated heterocycles. The second-order valence-electron chi connectivity index (χ2n) is 2.98. The molecule has 0 aliphatic carbocycles. The molecule has 0 spiro atoms. The summed E-state index contributed by atoms with van der Waals surface area (Å²) in [5.74, 6) is -0.0122. The van der Waals surface area contributed by atoms with Crippen molar-refractivity contribution in [2.45, 2.75) is 39.7 Å². The molecule has 0 rings (SSSR count). The molecule has 1 amide bonds. The van der Waals surface area contributed by atoms with E-state index >= 15 is 0 Å². The average Bonchev–Trinajstić information content (AvgIpc) is 1.86. The third-order valence-electron chi connectivity index (χ3n) is 1.29. The first-order valence-corrected chi connectivity index (χ1v) is 4.06. The number of amides is 1. The Bertz CT molecular complexity index is 150. The zero-order valence-corrected chi connectivity index (χ0v) is 7.61. The smallest absolute Gasteiger partial charge is 0.246 e. The Morgan fingerprint density at radius 2 is 2.09 bits per heavy atom. The Morgan fingerprint density at radius 1 is 1.55 bits per heavy atom. The van der Waals surface area contributed by atoms with Crippen LogP contribution in [0.2, 0.25) is 0 Å². The summed E-state index contributed by atoms with van der Waals surface area (Å²) in [7, 11) is 0. The van der Waals surface area contributed by atoms with E-state index in [4.69, 9.17) is 0 Å². The summed E-state index contributed by atoms with van der Waals surface area (Å²) in [6.07, 6.45) is 1.77. The van der Waals surface area contributed by atoms with Gasteiger partial charge in [-0.05, 0) is 20.3 Å². The summed E-state index contributed by atoms with van der Waals surface area (Å²) in [5.41, 5.74) is 0.682. The standard InChI is InChI=1S/C9H17NO/c1-5-6-8(4)9(11)10-7(2)3/h7H,4-6H2,1-3H3,(H,10,11). The zero-order valence-electron chi connectivity index (χ0n) is 7.61. The van der Waals surface area contributed by atoms with Crippen LogP contribution in [0.25, 0.3) is 0 Å². The van der Waals surface area contributed by atoms with Gasteiger partial charge in [0.25, 0.3) is 0 Å². The number of hydrogen-bond donors (Lipinski definition) is 1. The predicted octanol–water partition coefficient (Wildman–Crippen LogP) is 1.87. The molecule has 0 radical (unpaired) electrons. The van der Waals surface area contributed by atoms with E-state index in [9.17, 15) is 4.79 Å². The van der Waals surface area contributed by atoms with Crippen molar-refractivity contribution in [2.24, 2.45) is 0 Å². The molecule has 0 bridgehead atoms. The van der Waals surface area contributed by atoms with E-state index in [0.717, 1.165) is 12.8 Å². The van der Waals surface area contributed by atoms with Gasteiger partial charge >= 0.3 is 0 Å². The lowest BCUT2D eigenvalue weighted by Crippen LogP contribution is -2.30. The van der Waals surface area contributed by atoms with Gasteiger partial charge in [0, 0.05) is 11.6 Å². The predicted molar refractivity (Wildman–Crippen MR) is 47.3 cm³/mol. The van der Waals surface area contributed by atoms with E-state index in [-0.39, 0.29) is 11.9 Å². The maximum Gasteiger partial charge on any atom is 0.246 e. The maximum atomic E-state index is 11.1. The monoisotopic (exact) mass is 155 g/mol. The second-order valence-corrected chi connectivity index (χ2v) is 2.98. The molecular weight excluding hydrogens is 138 g/mol. The molecule has 0 aromatic heterocycles. The molecule has 0 aromatic rings. The van der Waals surface area contributed by atoms with Gasteiger partial charge in [0.05, 0.1) is 0 Å². The average molecular weight is 155 g/mol. The van der Waals surface area contributed by atoms with Gasteiger partial charge in [0.1, 0.15) is 0 Å². The van der Waals surface area contributed by atoms with Crippen molar-refractivity contribution in [1.29, 1.82) is 0 Å². The molecule has 0 atom stereocenters. The Hall–Kier alpha value is -0.790. The summed E-state index contributed by atoms with van der Waals surface area (Å²) in [6.45, 7) is 9.60. The van der Waals surface area contributed by atoms with Gasteiger partial charge in [-0.2, -0.15) is 0 Å². The number of carbonyl (C=O) groups is 1. The van der Waals surface area contributed by atoms with E-state index in [1.165, 1.54) is 0 Å². The molecule has 64 valence electrons. The lowest BCUT2D eigenvalue weighted by molar-refractivity contribution is -0.118. The zero-order chi connectivity index (χ0) is 8.85. The van der Waals surface area contributed by atoms with Gasteiger partial charge in [-0.1, -0.05) is 19.9 Å². The second kappa shape index (κ2) is 4.94. The van der Waals surface area contributed by atoms with Crippen LogP contribution in [0.4, 0.5) is 0 Å². The molecule has 0 saturated carbocycles. The summed E-state index contributed by atoms with van der Waals surface area (Å²) >= 11 is 0. The molecule has 2 nitrogen and oxygen atoms in total. The molecule has 0 unspecified atom stereocenters. The molecular formula is C9H17NO. The summed E-state index contributed by atoms with van der Waals surface area (Å²) in [5, 5.41) is 2.79. The van der Waals surface area contributed by atoms with Gasteiger partial charge in [-0.3, -0.25) is 4.79 Å². The van der Waals surface area contributed by atoms with Gasteiger partial charge in [-0.15, -0.1) is 0 Å². The van der Waals surface area contributed by atoms with Gasteiger partial charge in [-0.25, -0.2) is 0 Å². The van der Waals surface area contributed by atoms with Crippen LogP contribution in [0.15, 0.2) is 12.2 Å². The van der Waals surface area contributed by atoms with Crippen molar-refractivity contribution in [3.63, 3.8) is 0 Å². The fourth-order valence-electron chi connectivity index (χ4n) is 0.780.